The number of hydrogen-bond donors (Lipinski definition) is 0. The normalized spacial score (nSPS) is 20.3. The van der Waals surface area contributed by atoms with Crippen LogP contribution in [0, 0.1) is 10.1 Å². The predicted molar refractivity (Wildman–Crippen MR) is 84.0 cm³/mol. The van der Waals surface area contributed by atoms with Crippen LogP contribution in [0.5, 0.6) is 0 Å². The van der Waals surface area contributed by atoms with Crippen molar-refractivity contribution >= 4 is 30.4 Å². The number of halogens is 1. The van der Waals surface area contributed by atoms with Crippen molar-refractivity contribution in [3.8, 4) is 0 Å². The Bertz CT molecular complexity index is 613. The average molecular weight is 385 g/mol. The summed E-state index contributed by atoms with van der Waals surface area (Å²) >= 11 is -0.0176. The van der Waals surface area contributed by atoms with Crippen molar-refractivity contribution in [1.82, 2.24) is 0 Å². The molecule has 2 aliphatic heterocycles. The Balaban J connectivity index is 2.02. The van der Waals surface area contributed by atoms with E-state index in [1.165, 1.54) is 12.1 Å². The smallest absolute Gasteiger partial charge is 0.269 e. The molecule has 2 aliphatic rings. The number of hydrogen-bond acceptors (Lipinski definition) is 4. The number of nitrogens with zero attached hydrogens (tertiary/aromatic N) is 1. The van der Waals surface area contributed by atoms with Crippen LogP contribution in [0.25, 0.3) is 0 Å². The topological polar surface area (TPSA) is 61.6 Å². The van der Waals surface area contributed by atoms with Gasteiger partial charge < -0.3 is 9.47 Å². The van der Waals surface area contributed by atoms with Crippen LogP contribution in [-0.2, 0) is 15.3 Å². The van der Waals surface area contributed by atoms with E-state index in [4.69, 9.17) is 9.47 Å². The van der Waals surface area contributed by atoms with Crippen molar-refractivity contribution in [1.29, 1.82) is 0 Å². The number of nitro groups is 1. The second-order valence-corrected chi connectivity index (χ2v) is 6.44. The number of non-ortho nitro benzene ring substituents is 1. The molecule has 0 amide bonds. The lowest BCUT2D eigenvalue weighted by molar-refractivity contribution is -0.384. The van der Waals surface area contributed by atoms with Crippen molar-refractivity contribution < 1.29 is 14.4 Å². The zero-order valence-electron chi connectivity index (χ0n) is 10.5. The summed E-state index contributed by atoms with van der Waals surface area (Å²) < 4.78 is 16.0. The van der Waals surface area contributed by atoms with E-state index in [9.17, 15) is 10.1 Å². The standard InChI is InChI=1S/C14H12INO4/c17-16(18)13-3-1-11(2-4-13)14(19-9-10-20-14)12-5-7-15-8-6-12/h1-8H,9-10H2. The van der Waals surface area contributed by atoms with Crippen molar-refractivity contribution in [2.75, 3.05) is 13.2 Å². The van der Waals surface area contributed by atoms with Crippen LogP contribution in [0.4, 0.5) is 5.69 Å². The van der Waals surface area contributed by atoms with Crippen LogP contribution in [0.3, 0.4) is 0 Å². The van der Waals surface area contributed by atoms with Gasteiger partial charge in [0.2, 0.25) is 5.79 Å². The highest BCUT2D eigenvalue weighted by Crippen LogP contribution is 2.40. The van der Waals surface area contributed by atoms with Gasteiger partial charge in [0.1, 0.15) is 0 Å². The maximum absolute atomic E-state index is 10.7. The minimum atomic E-state index is -0.924. The van der Waals surface area contributed by atoms with Crippen LogP contribution in [0.2, 0.25) is 0 Å². The van der Waals surface area contributed by atoms with E-state index in [1.54, 1.807) is 12.1 Å². The van der Waals surface area contributed by atoms with E-state index in [0.29, 0.717) is 13.2 Å². The molecule has 0 spiro atoms. The first-order chi connectivity index (χ1) is 9.72. The first-order valence-corrected chi connectivity index (χ1v) is 8.57. The molecule has 6 heteroatoms. The average Bonchev–Trinajstić information content (AvgIpc) is 2.99. The van der Waals surface area contributed by atoms with Crippen LogP contribution in [0.15, 0.2) is 46.1 Å². The third kappa shape index (κ3) is 2.34. The number of rotatable bonds is 3. The van der Waals surface area contributed by atoms with Crippen LogP contribution in [-0.4, -0.2) is 22.1 Å². The summed E-state index contributed by atoms with van der Waals surface area (Å²) in [5, 5.41) is 10.7. The Morgan fingerprint density at radius 1 is 1.20 bits per heavy atom. The van der Waals surface area contributed by atoms with Crippen molar-refractivity contribution in [3.05, 3.63) is 61.8 Å². The number of allylic oxidation sites excluding steroid dienone is 1. The van der Waals surface area contributed by atoms with Crippen molar-refractivity contribution in [2.24, 2.45) is 0 Å². The largest absolute Gasteiger partial charge is 0.340 e. The Morgan fingerprint density at radius 2 is 1.90 bits per heavy atom. The summed E-state index contributed by atoms with van der Waals surface area (Å²) in [6.45, 7) is 1.02. The molecule has 3 rings (SSSR count). The number of nitro benzene ring substituents is 1. The Hall–Kier alpha value is -1.38. The van der Waals surface area contributed by atoms with Crippen molar-refractivity contribution in [2.45, 2.75) is 5.79 Å². The molecule has 0 bridgehead atoms. The third-order valence-electron chi connectivity index (χ3n) is 3.16. The maximum atomic E-state index is 10.7. The lowest BCUT2D eigenvalue weighted by Crippen LogP contribution is -2.29. The third-order valence-corrected chi connectivity index (χ3v) is 4.71. The minimum Gasteiger partial charge on any atom is -0.340 e. The lowest BCUT2D eigenvalue weighted by atomic mass is 9.96. The van der Waals surface area contributed by atoms with Crippen LogP contribution < -0.4 is 0 Å². The summed E-state index contributed by atoms with van der Waals surface area (Å²) in [5.41, 5.74) is 1.78. The molecule has 104 valence electrons. The van der Waals surface area contributed by atoms with E-state index < -0.39 is 10.7 Å². The SMILES string of the molecule is O=[N+]([O-])c1ccc(C2(C3=CC=IC=C3)OCCO2)cc1. The Kier molecular flexibility index (Phi) is 3.77. The van der Waals surface area contributed by atoms with Gasteiger partial charge in [0.25, 0.3) is 5.69 Å². The summed E-state index contributed by atoms with van der Waals surface area (Å²) in [5.74, 6) is -0.924. The molecule has 0 atom stereocenters. The second kappa shape index (κ2) is 5.55. The zero-order chi connectivity index (χ0) is 14.0. The molecule has 2 heterocycles. The first-order valence-electron chi connectivity index (χ1n) is 6.08. The second-order valence-electron chi connectivity index (χ2n) is 4.28. The highest BCUT2D eigenvalue weighted by atomic mass is 127. The van der Waals surface area contributed by atoms with Gasteiger partial charge >= 0.3 is 0 Å². The summed E-state index contributed by atoms with van der Waals surface area (Å²) in [4.78, 5) is 10.3. The van der Waals surface area contributed by atoms with E-state index >= 15 is 0 Å². The molecule has 5 nitrogen and oxygen atoms in total. The molecule has 1 saturated heterocycles. The lowest BCUT2D eigenvalue weighted by Gasteiger charge is -2.29. The zero-order valence-corrected chi connectivity index (χ0v) is 12.6. The van der Waals surface area contributed by atoms with Gasteiger partial charge in [-0.1, -0.05) is 20.7 Å². The minimum absolute atomic E-state index is 0.0176. The molecular formula is C14H12INO4. The Morgan fingerprint density at radius 3 is 2.45 bits per heavy atom. The van der Waals surface area contributed by atoms with Crippen LogP contribution in [0.1, 0.15) is 5.56 Å². The van der Waals surface area contributed by atoms with Gasteiger partial charge in [-0.15, -0.1) is 0 Å². The van der Waals surface area contributed by atoms with E-state index in [-0.39, 0.29) is 26.4 Å². The van der Waals surface area contributed by atoms with Gasteiger partial charge in [0.15, 0.2) is 0 Å². The number of benzene rings is 1. The fourth-order valence-electron chi connectivity index (χ4n) is 2.24. The molecule has 0 radical (unpaired) electrons. The van der Waals surface area contributed by atoms with Gasteiger partial charge in [0, 0.05) is 23.3 Å². The molecule has 1 aromatic carbocycles. The molecule has 20 heavy (non-hydrogen) atoms. The van der Waals surface area contributed by atoms with E-state index in [1.807, 2.05) is 12.2 Å². The monoisotopic (exact) mass is 385 g/mol. The summed E-state index contributed by atoms with van der Waals surface area (Å²) in [7, 11) is 0. The Labute approximate surface area is 125 Å². The molecule has 0 unspecified atom stereocenters. The van der Waals surface area contributed by atoms with Gasteiger partial charge in [-0.3, -0.25) is 10.1 Å². The maximum Gasteiger partial charge on any atom is 0.269 e. The van der Waals surface area contributed by atoms with Gasteiger partial charge in [-0.05, 0) is 32.4 Å². The molecule has 0 aromatic heterocycles. The molecule has 1 aromatic rings. The van der Waals surface area contributed by atoms with Gasteiger partial charge in [0.05, 0.1) is 18.1 Å². The first kappa shape index (κ1) is 13.6. The molecule has 1 fully saturated rings. The predicted octanol–water partition coefficient (Wildman–Crippen LogP) is 3.02. The molecule has 0 N–H and O–H groups in total. The summed E-state index contributed by atoms with van der Waals surface area (Å²) in [6.07, 6.45) is 4.06. The molecular weight excluding hydrogens is 373 g/mol. The molecule has 0 aliphatic carbocycles. The van der Waals surface area contributed by atoms with Crippen molar-refractivity contribution in [3.63, 3.8) is 0 Å². The molecule has 0 saturated carbocycles. The van der Waals surface area contributed by atoms with Gasteiger partial charge in [-0.25, -0.2) is 0 Å². The quantitative estimate of drug-likeness (QED) is 0.456. The fourth-order valence-corrected chi connectivity index (χ4v) is 3.67. The highest BCUT2D eigenvalue weighted by Gasteiger charge is 2.41. The van der Waals surface area contributed by atoms with E-state index in [0.717, 1.165) is 11.1 Å². The fraction of sp³-hybridized carbons (Fsp3) is 0.214. The summed E-state index contributed by atoms with van der Waals surface area (Å²) in [6, 6.07) is 6.35. The van der Waals surface area contributed by atoms with E-state index in [2.05, 4.69) is 8.09 Å². The highest BCUT2D eigenvalue weighted by molar-refractivity contribution is 14.2. The van der Waals surface area contributed by atoms with Crippen LogP contribution >= 0.6 is 20.7 Å². The number of ether oxygens (including phenoxy) is 2. The van der Waals surface area contributed by atoms with Gasteiger partial charge in [-0.2, -0.15) is 0 Å².